The van der Waals surface area contributed by atoms with E-state index < -0.39 is 31.8 Å². The number of nitrogens with zero attached hydrogens (tertiary/aromatic N) is 3. The number of anilines is 1. The van der Waals surface area contributed by atoms with Gasteiger partial charge in [0.1, 0.15) is 0 Å². The van der Waals surface area contributed by atoms with Crippen LogP contribution in [-0.4, -0.2) is 51.2 Å². The Labute approximate surface area is 164 Å². The van der Waals surface area contributed by atoms with E-state index in [1.165, 1.54) is 38.4 Å². The van der Waals surface area contributed by atoms with Crippen molar-refractivity contribution >= 4 is 32.0 Å². The Bertz CT molecular complexity index is 1080. The Hall–Kier alpha value is -2.57. The topological polar surface area (TPSA) is 138 Å². The Morgan fingerprint density at radius 3 is 2.18 bits per heavy atom. The van der Waals surface area contributed by atoms with Crippen LogP contribution in [0.3, 0.4) is 0 Å². The van der Waals surface area contributed by atoms with Gasteiger partial charge in [0.2, 0.25) is 16.0 Å². The Morgan fingerprint density at radius 2 is 1.61 bits per heavy atom. The lowest BCUT2D eigenvalue weighted by molar-refractivity contribution is 0.256. The highest BCUT2D eigenvalue weighted by Crippen LogP contribution is 2.19. The molecule has 0 aliphatic rings. The summed E-state index contributed by atoms with van der Waals surface area (Å²) in [5.74, 6) is -0.576. The van der Waals surface area contributed by atoms with Crippen molar-refractivity contribution in [3.8, 4) is 0 Å². The van der Waals surface area contributed by atoms with Gasteiger partial charge in [-0.3, -0.25) is 5.32 Å². The molecule has 0 bridgehead atoms. The van der Waals surface area contributed by atoms with Gasteiger partial charge in [0.15, 0.2) is 0 Å². The number of urea groups is 1. The number of rotatable bonds is 6. The van der Waals surface area contributed by atoms with Crippen LogP contribution in [0.2, 0.25) is 0 Å². The number of hydrogen-bond donors (Lipinski definition) is 2. The predicted octanol–water partition coefficient (Wildman–Crippen LogP) is 0.995. The summed E-state index contributed by atoms with van der Waals surface area (Å²) in [4.78, 5) is 19.8. The van der Waals surface area contributed by atoms with Crippen LogP contribution in [0.5, 0.6) is 0 Å². The first-order valence-corrected chi connectivity index (χ1v) is 11.1. The molecule has 1 aromatic heterocycles. The molecule has 12 heteroatoms. The fraction of sp³-hybridized carbons (Fsp3) is 0.312. The molecule has 2 N–H and O–H groups in total. The average molecular weight is 428 g/mol. The summed E-state index contributed by atoms with van der Waals surface area (Å²) >= 11 is 0. The van der Waals surface area contributed by atoms with Gasteiger partial charge in [-0.1, -0.05) is 18.2 Å². The highest BCUT2D eigenvalue weighted by molar-refractivity contribution is 7.90. The molecule has 0 aliphatic heterocycles. The largest absolute Gasteiger partial charge is 0.335 e. The maximum Gasteiger partial charge on any atom is 0.335 e. The molecule has 2 rings (SSSR count). The minimum absolute atomic E-state index is 0.0409. The van der Waals surface area contributed by atoms with Crippen LogP contribution in [0.15, 0.2) is 35.2 Å². The third-order valence-electron chi connectivity index (χ3n) is 3.59. The van der Waals surface area contributed by atoms with Crippen LogP contribution in [0.25, 0.3) is 0 Å². The summed E-state index contributed by atoms with van der Waals surface area (Å²) in [5, 5.41) is 2.26. The van der Waals surface area contributed by atoms with Gasteiger partial charge in [0, 0.05) is 25.5 Å². The van der Waals surface area contributed by atoms with Gasteiger partial charge in [-0.25, -0.2) is 40.6 Å². The second-order valence-electron chi connectivity index (χ2n) is 6.18. The van der Waals surface area contributed by atoms with Crippen molar-refractivity contribution in [3.63, 3.8) is 0 Å². The minimum Gasteiger partial charge on any atom is -0.275 e. The first-order valence-electron chi connectivity index (χ1n) is 8.05. The number of amides is 2. The second-order valence-corrected chi connectivity index (χ2v) is 10.0. The molecule has 1 heterocycles. The number of carbonyl (C=O) groups excluding carboxylic acids is 1. The van der Waals surface area contributed by atoms with Crippen molar-refractivity contribution in [1.29, 1.82) is 0 Å². The normalized spacial score (nSPS) is 12.0. The SMILES string of the molecule is Cc1cc(C)nc(NC(=O)NS(=O)(=O)c2ccccc2CS(=O)(=O)N(C)C)n1. The summed E-state index contributed by atoms with van der Waals surface area (Å²) in [6.07, 6.45) is 0. The number of benzene rings is 1. The molecule has 0 fully saturated rings. The first-order chi connectivity index (χ1) is 12.9. The van der Waals surface area contributed by atoms with E-state index in [0.29, 0.717) is 11.4 Å². The van der Waals surface area contributed by atoms with Crippen molar-refractivity contribution in [2.75, 3.05) is 19.4 Å². The second kappa shape index (κ2) is 8.20. The average Bonchev–Trinajstić information content (AvgIpc) is 2.52. The van der Waals surface area contributed by atoms with Gasteiger partial charge >= 0.3 is 6.03 Å². The number of aryl methyl sites for hydroxylation is 2. The number of carbonyl (C=O) groups is 1. The van der Waals surface area contributed by atoms with E-state index >= 15 is 0 Å². The molecule has 152 valence electrons. The third kappa shape index (κ3) is 5.47. The van der Waals surface area contributed by atoms with Crippen LogP contribution in [0, 0.1) is 13.8 Å². The zero-order valence-corrected chi connectivity index (χ0v) is 17.4. The number of sulfonamides is 2. The minimum atomic E-state index is -4.33. The summed E-state index contributed by atoms with van der Waals surface area (Å²) < 4.78 is 52.3. The zero-order chi connectivity index (χ0) is 21.1. The molecule has 0 aliphatic carbocycles. The molecular weight excluding hydrogens is 406 g/mol. The molecule has 1 aromatic carbocycles. The van der Waals surface area contributed by atoms with Gasteiger partial charge in [-0.2, -0.15) is 0 Å². The fourth-order valence-electron chi connectivity index (χ4n) is 2.30. The van der Waals surface area contributed by atoms with Crippen LogP contribution < -0.4 is 10.0 Å². The standard InChI is InChI=1S/C16H21N5O5S2/c1-11-9-12(2)18-15(17-11)19-16(22)20-28(25,26)14-8-6-5-7-13(14)10-27(23,24)21(3)4/h5-9H,10H2,1-4H3,(H2,17,18,19,20,22). The predicted molar refractivity (Wildman–Crippen MR) is 104 cm³/mol. The lowest BCUT2D eigenvalue weighted by Crippen LogP contribution is -2.35. The zero-order valence-electron chi connectivity index (χ0n) is 15.8. The Balaban J connectivity index is 2.26. The van der Waals surface area contributed by atoms with Crippen molar-refractivity contribution in [2.45, 2.75) is 24.5 Å². The number of aromatic nitrogens is 2. The molecule has 0 saturated carbocycles. The van der Waals surface area contributed by atoms with Crippen molar-refractivity contribution < 1.29 is 21.6 Å². The van der Waals surface area contributed by atoms with E-state index in [1.807, 2.05) is 4.72 Å². The van der Waals surface area contributed by atoms with Crippen LogP contribution in [0.1, 0.15) is 17.0 Å². The van der Waals surface area contributed by atoms with E-state index in [9.17, 15) is 21.6 Å². The molecule has 2 amide bonds. The number of hydrogen-bond acceptors (Lipinski definition) is 7. The molecular formula is C16H21N5O5S2. The molecule has 10 nitrogen and oxygen atoms in total. The Morgan fingerprint density at radius 1 is 1.04 bits per heavy atom. The van der Waals surface area contributed by atoms with Crippen LogP contribution >= 0.6 is 0 Å². The lowest BCUT2D eigenvalue weighted by Gasteiger charge is -2.15. The summed E-state index contributed by atoms with van der Waals surface area (Å²) in [6, 6.07) is 6.19. The summed E-state index contributed by atoms with van der Waals surface area (Å²) in [5.41, 5.74) is 1.24. The monoisotopic (exact) mass is 427 g/mol. The lowest BCUT2D eigenvalue weighted by atomic mass is 10.2. The van der Waals surface area contributed by atoms with E-state index in [0.717, 1.165) is 4.31 Å². The smallest absolute Gasteiger partial charge is 0.275 e. The quantitative estimate of drug-likeness (QED) is 0.701. The van der Waals surface area contributed by atoms with Gasteiger partial charge in [-0.15, -0.1) is 0 Å². The highest BCUT2D eigenvalue weighted by atomic mass is 32.2. The van der Waals surface area contributed by atoms with Crippen molar-refractivity contribution in [1.82, 2.24) is 19.0 Å². The molecule has 2 aromatic rings. The maximum atomic E-state index is 12.6. The molecule has 0 saturated heterocycles. The number of nitrogens with one attached hydrogen (secondary N) is 2. The van der Waals surface area contributed by atoms with Gasteiger partial charge in [0.25, 0.3) is 10.0 Å². The van der Waals surface area contributed by atoms with Crippen LogP contribution in [0.4, 0.5) is 10.7 Å². The van der Waals surface area contributed by atoms with E-state index in [2.05, 4.69) is 15.3 Å². The van der Waals surface area contributed by atoms with Crippen molar-refractivity contribution in [3.05, 3.63) is 47.3 Å². The Kier molecular flexibility index (Phi) is 6.37. The van der Waals surface area contributed by atoms with E-state index in [1.54, 1.807) is 19.9 Å². The first kappa shape index (κ1) is 21.7. The highest BCUT2D eigenvalue weighted by Gasteiger charge is 2.25. The third-order valence-corrected chi connectivity index (χ3v) is 6.81. The van der Waals surface area contributed by atoms with Crippen molar-refractivity contribution in [2.24, 2.45) is 0 Å². The molecule has 0 unspecified atom stereocenters. The summed E-state index contributed by atoms with van der Waals surface area (Å²) in [6.45, 7) is 3.41. The van der Waals surface area contributed by atoms with E-state index in [-0.39, 0.29) is 16.4 Å². The molecule has 28 heavy (non-hydrogen) atoms. The van der Waals surface area contributed by atoms with Crippen LogP contribution in [-0.2, 0) is 25.8 Å². The van der Waals surface area contributed by atoms with Gasteiger partial charge in [0.05, 0.1) is 10.6 Å². The summed E-state index contributed by atoms with van der Waals surface area (Å²) in [7, 11) is -5.33. The van der Waals surface area contributed by atoms with Gasteiger partial charge < -0.3 is 0 Å². The molecule has 0 radical (unpaired) electrons. The fourth-order valence-corrected chi connectivity index (χ4v) is 4.44. The molecule has 0 atom stereocenters. The maximum absolute atomic E-state index is 12.6. The van der Waals surface area contributed by atoms with E-state index in [4.69, 9.17) is 0 Å². The molecule has 0 spiro atoms. The van der Waals surface area contributed by atoms with Gasteiger partial charge in [-0.05, 0) is 31.5 Å².